The molecular formula is C37H32N4OS2. The Morgan fingerprint density at radius 3 is 2.18 bits per heavy atom. The highest BCUT2D eigenvalue weighted by Gasteiger charge is 2.22. The average Bonchev–Trinajstić information content (AvgIpc) is 3.56. The third-order valence-corrected chi connectivity index (χ3v) is 9.44. The van der Waals surface area contributed by atoms with E-state index in [1.807, 2.05) is 30.5 Å². The first-order valence-electron chi connectivity index (χ1n) is 14.5. The summed E-state index contributed by atoms with van der Waals surface area (Å²) in [7, 11) is 0. The summed E-state index contributed by atoms with van der Waals surface area (Å²) >= 11 is 3.40. The van der Waals surface area contributed by atoms with E-state index in [1.54, 1.807) is 23.5 Å². The number of thioether (sulfide) groups is 2. The van der Waals surface area contributed by atoms with Crippen molar-refractivity contribution in [2.75, 3.05) is 12.5 Å². The van der Waals surface area contributed by atoms with Crippen molar-refractivity contribution in [1.82, 2.24) is 19.3 Å². The van der Waals surface area contributed by atoms with Crippen LogP contribution in [0.25, 0.3) is 44.4 Å². The summed E-state index contributed by atoms with van der Waals surface area (Å²) < 4.78 is 10.8. The minimum Gasteiger partial charge on any atom is -0.457 e. The number of para-hydroxylation sites is 1. The molecule has 7 aromatic rings. The maximum absolute atomic E-state index is 6.53. The number of hydrogen-bond donors (Lipinski definition) is 0. The highest BCUT2D eigenvalue weighted by atomic mass is 32.2. The predicted octanol–water partition coefficient (Wildman–Crippen LogP) is 10.2. The lowest BCUT2D eigenvalue weighted by molar-refractivity contribution is 0.482. The highest BCUT2D eigenvalue weighted by molar-refractivity contribution is 7.99. The molecule has 0 aliphatic heterocycles. The molecule has 0 fully saturated rings. The summed E-state index contributed by atoms with van der Waals surface area (Å²) in [5.74, 6) is 2.40. The van der Waals surface area contributed by atoms with E-state index in [-0.39, 0.29) is 0 Å². The molecule has 4 aromatic carbocycles. The van der Waals surface area contributed by atoms with Gasteiger partial charge >= 0.3 is 0 Å². The van der Waals surface area contributed by atoms with Crippen LogP contribution < -0.4 is 4.74 Å². The van der Waals surface area contributed by atoms with Crippen molar-refractivity contribution in [3.63, 3.8) is 0 Å². The Kier molecular flexibility index (Phi) is 7.44. The van der Waals surface area contributed by atoms with Gasteiger partial charge in [0.25, 0.3) is 0 Å². The zero-order valence-corrected chi connectivity index (χ0v) is 27.0. The number of fused-ring (bicyclic) bond motifs is 3. The molecule has 0 atom stereocenters. The molecule has 0 unspecified atom stereocenters. The second kappa shape index (κ2) is 11.6. The average molecular weight is 613 g/mol. The van der Waals surface area contributed by atoms with Crippen LogP contribution in [0.4, 0.5) is 0 Å². The Morgan fingerprint density at radius 1 is 0.659 bits per heavy atom. The monoisotopic (exact) mass is 612 g/mol. The van der Waals surface area contributed by atoms with E-state index < -0.39 is 0 Å². The van der Waals surface area contributed by atoms with E-state index >= 15 is 0 Å². The number of aryl methyl sites for hydroxylation is 3. The number of rotatable bonds is 7. The normalized spacial score (nSPS) is 11.5. The third-order valence-electron chi connectivity index (χ3n) is 8.00. The molecule has 0 bridgehead atoms. The molecule has 0 saturated carbocycles. The Labute approximate surface area is 265 Å². The lowest BCUT2D eigenvalue weighted by atomic mass is 9.98. The molecule has 0 saturated heterocycles. The molecule has 0 radical (unpaired) electrons. The van der Waals surface area contributed by atoms with Gasteiger partial charge < -0.3 is 4.74 Å². The molecular weight excluding hydrogens is 581 g/mol. The first-order chi connectivity index (χ1) is 21.5. The van der Waals surface area contributed by atoms with E-state index in [1.165, 1.54) is 33.2 Å². The number of ether oxygens (including phenoxy) is 1. The standard InChI is InChI=1S/C37H32N4OS2/c1-23-18-19-38-33(20-23)40-31-15-7-6-14-29(31)30-17-16-28(22-32(30)40)42-27-13-9-12-26(21-27)41-37(44-5)35(36(39-41)43-4)34-24(2)10-8-11-25(34)3/h6-22H,1-5H3. The molecule has 5 nitrogen and oxygen atoms in total. The van der Waals surface area contributed by atoms with Crippen LogP contribution >= 0.6 is 23.5 Å². The fraction of sp³-hybridized carbons (Fsp3) is 0.135. The third kappa shape index (κ3) is 4.86. The summed E-state index contributed by atoms with van der Waals surface area (Å²) in [6.45, 7) is 6.44. The smallest absolute Gasteiger partial charge is 0.137 e. The van der Waals surface area contributed by atoms with Crippen LogP contribution in [-0.4, -0.2) is 31.8 Å². The van der Waals surface area contributed by atoms with Crippen LogP contribution in [-0.2, 0) is 0 Å². The predicted molar refractivity (Wildman–Crippen MR) is 185 cm³/mol. The van der Waals surface area contributed by atoms with Crippen molar-refractivity contribution in [2.24, 2.45) is 0 Å². The van der Waals surface area contributed by atoms with Crippen molar-refractivity contribution >= 4 is 45.3 Å². The van der Waals surface area contributed by atoms with Gasteiger partial charge in [-0.15, -0.1) is 23.5 Å². The number of aromatic nitrogens is 4. The van der Waals surface area contributed by atoms with Gasteiger partial charge in [-0.3, -0.25) is 4.57 Å². The molecule has 0 aliphatic rings. The summed E-state index contributed by atoms with van der Waals surface area (Å²) in [5, 5.41) is 9.56. The van der Waals surface area contributed by atoms with Gasteiger partial charge in [-0.1, -0.05) is 42.5 Å². The zero-order chi connectivity index (χ0) is 30.4. The molecule has 3 heterocycles. The molecule has 0 amide bonds. The van der Waals surface area contributed by atoms with Gasteiger partial charge in [0.1, 0.15) is 27.4 Å². The summed E-state index contributed by atoms with van der Waals surface area (Å²) in [4.78, 5) is 4.71. The topological polar surface area (TPSA) is 44.9 Å². The van der Waals surface area contributed by atoms with Crippen molar-refractivity contribution in [2.45, 2.75) is 30.8 Å². The van der Waals surface area contributed by atoms with E-state index in [0.29, 0.717) is 0 Å². The van der Waals surface area contributed by atoms with Crippen molar-refractivity contribution < 1.29 is 4.74 Å². The van der Waals surface area contributed by atoms with Gasteiger partial charge in [0.15, 0.2) is 0 Å². The maximum Gasteiger partial charge on any atom is 0.137 e. The van der Waals surface area contributed by atoms with Crippen LogP contribution in [0.15, 0.2) is 113 Å². The minimum atomic E-state index is 0.750. The molecule has 218 valence electrons. The van der Waals surface area contributed by atoms with Crippen LogP contribution in [0, 0.1) is 20.8 Å². The fourth-order valence-electron chi connectivity index (χ4n) is 6.03. The molecule has 7 heteroatoms. The van der Waals surface area contributed by atoms with Crippen LogP contribution in [0.2, 0.25) is 0 Å². The van der Waals surface area contributed by atoms with Gasteiger partial charge in [-0.2, -0.15) is 5.10 Å². The Hall–Kier alpha value is -4.46. The number of pyridine rings is 1. The first kappa shape index (κ1) is 28.3. The second-order valence-electron chi connectivity index (χ2n) is 10.9. The molecule has 0 N–H and O–H groups in total. The number of nitrogens with zero attached hydrogens (tertiary/aromatic N) is 4. The fourth-order valence-corrected chi connectivity index (χ4v) is 7.38. The van der Waals surface area contributed by atoms with Gasteiger partial charge in [-0.05, 0) is 98.0 Å². The quantitative estimate of drug-likeness (QED) is 0.168. The van der Waals surface area contributed by atoms with Crippen LogP contribution in [0.1, 0.15) is 16.7 Å². The Morgan fingerprint density at radius 2 is 1.41 bits per heavy atom. The molecule has 0 aliphatic carbocycles. The van der Waals surface area contributed by atoms with E-state index in [9.17, 15) is 0 Å². The molecule has 3 aromatic heterocycles. The Bertz CT molecular complexity index is 2160. The highest BCUT2D eigenvalue weighted by Crippen LogP contribution is 2.42. The van der Waals surface area contributed by atoms with Gasteiger partial charge in [0, 0.05) is 34.7 Å². The lowest BCUT2D eigenvalue weighted by Crippen LogP contribution is -1.99. The summed E-state index contributed by atoms with van der Waals surface area (Å²) in [6, 6.07) is 33.5. The number of hydrogen-bond acceptors (Lipinski definition) is 5. The summed E-state index contributed by atoms with van der Waals surface area (Å²) in [6.07, 6.45) is 6.07. The van der Waals surface area contributed by atoms with E-state index in [2.05, 4.69) is 115 Å². The van der Waals surface area contributed by atoms with E-state index in [4.69, 9.17) is 14.8 Å². The van der Waals surface area contributed by atoms with Crippen molar-refractivity contribution in [1.29, 1.82) is 0 Å². The second-order valence-corrected chi connectivity index (χ2v) is 12.5. The van der Waals surface area contributed by atoms with Crippen LogP contribution in [0.3, 0.4) is 0 Å². The van der Waals surface area contributed by atoms with Crippen molar-refractivity contribution in [3.8, 4) is 34.1 Å². The van der Waals surface area contributed by atoms with Crippen LogP contribution in [0.5, 0.6) is 11.5 Å². The molecule has 0 spiro atoms. The van der Waals surface area contributed by atoms with E-state index in [0.717, 1.165) is 49.5 Å². The lowest BCUT2D eigenvalue weighted by Gasteiger charge is -2.13. The maximum atomic E-state index is 6.53. The van der Waals surface area contributed by atoms with Gasteiger partial charge in [0.05, 0.1) is 16.7 Å². The zero-order valence-electron chi connectivity index (χ0n) is 25.3. The summed E-state index contributed by atoms with van der Waals surface area (Å²) in [5.41, 5.74) is 9.24. The molecule has 44 heavy (non-hydrogen) atoms. The largest absolute Gasteiger partial charge is 0.457 e. The Balaban J connectivity index is 1.31. The first-order valence-corrected chi connectivity index (χ1v) is 16.9. The minimum absolute atomic E-state index is 0.750. The SMILES string of the molecule is CSc1nn(-c2cccc(Oc3ccc4c5ccccc5n(-c5cc(C)ccn5)c4c3)c2)c(SC)c1-c1c(C)cccc1C. The van der Waals surface area contributed by atoms with Crippen molar-refractivity contribution in [3.05, 3.63) is 120 Å². The molecule has 7 rings (SSSR count). The van der Waals surface area contributed by atoms with Gasteiger partial charge in [-0.25, -0.2) is 9.67 Å². The van der Waals surface area contributed by atoms with Gasteiger partial charge in [0.2, 0.25) is 0 Å². The number of benzene rings is 4.